The molecule has 0 bridgehead atoms. The van der Waals surface area contributed by atoms with E-state index in [0.717, 1.165) is 18.5 Å². The van der Waals surface area contributed by atoms with Crippen LogP contribution in [0, 0.1) is 0 Å². The van der Waals surface area contributed by atoms with Crippen molar-refractivity contribution in [2.45, 2.75) is 50.8 Å². The van der Waals surface area contributed by atoms with Crippen LogP contribution in [0.4, 0.5) is 4.79 Å². The Morgan fingerprint density at radius 1 is 1.42 bits per heavy atom. The number of hydrogen-bond donors (Lipinski definition) is 1. The zero-order valence-electron chi connectivity index (χ0n) is 15.2. The van der Waals surface area contributed by atoms with Crippen molar-refractivity contribution in [3.05, 3.63) is 16.6 Å². The third-order valence-electron chi connectivity index (χ3n) is 4.86. The van der Waals surface area contributed by atoms with Gasteiger partial charge < -0.3 is 15.0 Å². The summed E-state index contributed by atoms with van der Waals surface area (Å²) in [5.74, 6) is -0.495. The largest absolute Gasteiger partial charge is 0.441 e. The lowest BCUT2D eigenvalue weighted by Crippen LogP contribution is -2.57. The Hall–Kier alpha value is -2.16. The van der Waals surface area contributed by atoms with Gasteiger partial charge in [-0.1, -0.05) is 0 Å². The minimum Gasteiger partial charge on any atom is -0.441 e. The van der Waals surface area contributed by atoms with Crippen LogP contribution in [0.2, 0.25) is 0 Å². The molecule has 0 saturated carbocycles. The first-order chi connectivity index (χ1) is 12.3. The van der Waals surface area contributed by atoms with E-state index in [2.05, 4.69) is 10.3 Å². The number of hydrogen-bond acceptors (Lipinski definition) is 6. The van der Waals surface area contributed by atoms with Crippen LogP contribution < -0.4 is 5.32 Å². The normalized spacial score (nSPS) is 23.0. The Balaban J connectivity index is 1.77. The molecule has 1 aromatic heterocycles. The molecule has 142 valence electrons. The highest BCUT2D eigenvalue weighted by Crippen LogP contribution is 2.28. The molecule has 2 aliphatic heterocycles. The Bertz CT molecular complexity index is 685. The predicted molar refractivity (Wildman–Crippen MR) is 95.7 cm³/mol. The highest BCUT2D eigenvalue weighted by atomic mass is 32.1. The number of carbonyl (C=O) groups excluding carboxylic acids is 3. The number of cyclic esters (lactones) is 1. The molecule has 1 N–H and O–H groups in total. The second-order valence-corrected chi connectivity index (χ2v) is 7.98. The predicted octanol–water partition coefficient (Wildman–Crippen LogP) is 1.02. The van der Waals surface area contributed by atoms with Crippen molar-refractivity contribution in [2.24, 2.45) is 0 Å². The van der Waals surface area contributed by atoms with Crippen molar-refractivity contribution in [1.82, 2.24) is 20.1 Å². The summed E-state index contributed by atoms with van der Waals surface area (Å²) < 4.78 is 5.26. The summed E-state index contributed by atoms with van der Waals surface area (Å²) in [6.07, 6.45) is 1.74. The molecule has 2 unspecified atom stereocenters. The lowest BCUT2D eigenvalue weighted by molar-refractivity contribution is -0.137. The van der Waals surface area contributed by atoms with Gasteiger partial charge in [0.2, 0.25) is 11.8 Å². The summed E-state index contributed by atoms with van der Waals surface area (Å²) in [6, 6.07) is -1.50. The molecule has 2 saturated heterocycles. The number of thiazole rings is 1. The highest BCUT2D eigenvalue weighted by molar-refractivity contribution is 7.07. The van der Waals surface area contributed by atoms with Gasteiger partial charge in [-0.25, -0.2) is 9.78 Å². The Morgan fingerprint density at radius 3 is 2.65 bits per heavy atom. The van der Waals surface area contributed by atoms with E-state index >= 15 is 0 Å². The van der Waals surface area contributed by atoms with Crippen LogP contribution >= 0.6 is 11.3 Å². The fourth-order valence-electron chi connectivity index (χ4n) is 3.57. The molecule has 3 amide bonds. The van der Waals surface area contributed by atoms with E-state index in [-0.39, 0.29) is 5.91 Å². The number of likely N-dealkylation sites (tertiary alicyclic amines) is 1. The number of aromatic nitrogens is 1. The summed E-state index contributed by atoms with van der Waals surface area (Å²) in [6.45, 7) is 4.80. The van der Waals surface area contributed by atoms with E-state index in [1.54, 1.807) is 24.3 Å². The molecule has 2 atom stereocenters. The minimum atomic E-state index is -0.961. The summed E-state index contributed by atoms with van der Waals surface area (Å²) in [5, 5.41) is 4.71. The first-order valence-corrected chi connectivity index (χ1v) is 9.66. The van der Waals surface area contributed by atoms with E-state index in [1.807, 2.05) is 5.38 Å². The molecule has 3 heterocycles. The average molecular weight is 380 g/mol. The lowest BCUT2D eigenvalue weighted by atomic mass is 9.97. The van der Waals surface area contributed by atoms with Gasteiger partial charge in [0, 0.05) is 31.9 Å². The summed E-state index contributed by atoms with van der Waals surface area (Å²) in [4.78, 5) is 44.9. The van der Waals surface area contributed by atoms with Crippen LogP contribution in [0.1, 0.15) is 32.4 Å². The van der Waals surface area contributed by atoms with Gasteiger partial charge in [-0.2, -0.15) is 0 Å². The van der Waals surface area contributed by atoms with Crippen molar-refractivity contribution < 1.29 is 19.1 Å². The van der Waals surface area contributed by atoms with E-state index in [0.29, 0.717) is 19.5 Å². The number of ether oxygens (including phenoxy) is 1. The Morgan fingerprint density at radius 2 is 2.12 bits per heavy atom. The SMILES string of the molecule is CN1C(=O)OC(C)(C)C1C(=O)NC(Cc1cscn1)C(=O)N1CCCC1. The van der Waals surface area contributed by atoms with Crippen LogP contribution in [-0.2, 0) is 20.7 Å². The van der Waals surface area contributed by atoms with Crippen molar-refractivity contribution in [1.29, 1.82) is 0 Å². The van der Waals surface area contributed by atoms with Gasteiger partial charge in [0.15, 0.2) is 6.04 Å². The number of likely N-dealkylation sites (N-methyl/N-ethyl adjacent to an activating group) is 1. The van der Waals surface area contributed by atoms with Crippen molar-refractivity contribution in [3.8, 4) is 0 Å². The van der Waals surface area contributed by atoms with Gasteiger partial charge in [0.05, 0.1) is 11.2 Å². The molecule has 1 aromatic rings. The van der Waals surface area contributed by atoms with Crippen LogP contribution in [0.5, 0.6) is 0 Å². The lowest BCUT2D eigenvalue weighted by Gasteiger charge is -2.29. The molecule has 26 heavy (non-hydrogen) atoms. The maximum atomic E-state index is 12.9. The molecule has 2 aliphatic rings. The van der Waals surface area contributed by atoms with Crippen molar-refractivity contribution in [3.63, 3.8) is 0 Å². The van der Waals surface area contributed by atoms with Crippen LogP contribution in [0.15, 0.2) is 10.9 Å². The number of nitrogens with one attached hydrogen (secondary N) is 1. The monoisotopic (exact) mass is 380 g/mol. The highest BCUT2D eigenvalue weighted by Gasteiger charge is 2.50. The zero-order chi connectivity index (χ0) is 18.9. The smallest absolute Gasteiger partial charge is 0.410 e. The second kappa shape index (κ2) is 7.22. The van der Waals surface area contributed by atoms with Crippen molar-refractivity contribution in [2.75, 3.05) is 20.1 Å². The summed E-state index contributed by atoms with van der Waals surface area (Å²) >= 11 is 1.45. The third kappa shape index (κ3) is 3.67. The van der Waals surface area contributed by atoms with Crippen LogP contribution in [-0.4, -0.2) is 70.5 Å². The first-order valence-electron chi connectivity index (χ1n) is 8.71. The molecule has 3 rings (SSSR count). The first kappa shape index (κ1) is 18.6. The van der Waals surface area contributed by atoms with Crippen LogP contribution in [0.25, 0.3) is 0 Å². The van der Waals surface area contributed by atoms with Crippen molar-refractivity contribution >= 4 is 29.2 Å². The fourth-order valence-corrected chi connectivity index (χ4v) is 4.14. The standard InChI is InChI=1S/C17H24N4O4S/c1-17(2)13(20(3)16(24)25-17)14(22)19-12(8-11-9-26-10-18-11)15(23)21-6-4-5-7-21/h9-10,12-13H,4-8H2,1-3H3,(H,19,22). The maximum absolute atomic E-state index is 12.9. The minimum absolute atomic E-state index is 0.102. The fraction of sp³-hybridized carbons (Fsp3) is 0.647. The molecule has 8 nitrogen and oxygen atoms in total. The molecule has 0 spiro atoms. The quantitative estimate of drug-likeness (QED) is 0.823. The van der Waals surface area contributed by atoms with E-state index in [4.69, 9.17) is 4.74 Å². The van der Waals surface area contributed by atoms with Crippen LogP contribution in [0.3, 0.4) is 0 Å². The number of nitrogens with zero attached hydrogens (tertiary/aromatic N) is 3. The molecular weight excluding hydrogens is 356 g/mol. The maximum Gasteiger partial charge on any atom is 0.410 e. The number of rotatable bonds is 5. The van der Waals surface area contributed by atoms with Gasteiger partial charge in [-0.05, 0) is 26.7 Å². The third-order valence-corrected chi connectivity index (χ3v) is 5.50. The average Bonchev–Trinajstić information content (AvgIpc) is 3.29. The molecular formula is C17H24N4O4S. The zero-order valence-corrected chi connectivity index (χ0v) is 16.0. The van der Waals surface area contributed by atoms with Gasteiger partial charge in [-0.3, -0.25) is 14.5 Å². The summed E-state index contributed by atoms with van der Waals surface area (Å²) in [7, 11) is 1.53. The second-order valence-electron chi connectivity index (χ2n) is 7.26. The van der Waals surface area contributed by atoms with E-state index < -0.39 is 29.7 Å². The van der Waals surface area contributed by atoms with Gasteiger partial charge >= 0.3 is 6.09 Å². The van der Waals surface area contributed by atoms with Gasteiger partial charge in [0.1, 0.15) is 11.6 Å². The Labute approximate surface area is 156 Å². The molecule has 0 radical (unpaired) electrons. The number of carbonyl (C=O) groups is 3. The summed E-state index contributed by atoms with van der Waals surface area (Å²) in [5.41, 5.74) is 1.51. The molecule has 0 aromatic carbocycles. The molecule has 0 aliphatic carbocycles. The van der Waals surface area contributed by atoms with E-state index in [9.17, 15) is 14.4 Å². The molecule has 9 heteroatoms. The Kier molecular flexibility index (Phi) is 5.17. The topological polar surface area (TPSA) is 91.8 Å². The molecule has 2 fully saturated rings. The number of amides is 3. The van der Waals surface area contributed by atoms with Gasteiger partial charge in [0.25, 0.3) is 0 Å². The van der Waals surface area contributed by atoms with E-state index in [1.165, 1.54) is 23.3 Å². The van der Waals surface area contributed by atoms with Gasteiger partial charge in [-0.15, -0.1) is 11.3 Å².